The summed E-state index contributed by atoms with van der Waals surface area (Å²) in [6.07, 6.45) is 58.3. The van der Waals surface area contributed by atoms with E-state index in [9.17, 15) is 14.4 Å². The van der Waals surface area contributed by atoms with Gasteiger partial charge in [0.1, 0.15) is 13.2 Å². The molecular weight excluding hydrogens is 757 g/mol. The monoisotopic (exact) mass is 857 g/mol. The van der Waals surface area contributed by atoms with Crippen LogP contribution in [0.3, 0.4) is 0 Å². The Morgan fingerprint density at radius 2 is 0.590 bits per heavy atom. The Bertz CT molecular complexity index is 1030. The molecule has 0 aliphatic heterocycles. The molecule has 0 fully saturated rings. The molecule has 6 nitrogen and oxygen atoms in total. The van der Waals surface area contributed by atoms with E-state index in [-0.39, 0.29) is 31.1 Å². The summed E-state index contributed by atoms with van der Waals surface area (Å²) < 4.78 is 16.8. The molecule has 0 unspecified atom stereocenters. The molecule has 6 heteroatoms. The van der Waals surface area contributed by atoms with Gasteiger partial charge in [0.15, 0.2) is 6.10 Å². The van der Waals surface area contributed by atoms with Crippen LogP contribution in [0.1, 0.15) is 278 Å². The lowest BCUT2D eigenvalue weighted by Crippen LogP contribution is -2.30. The van der Waals surface area contributed by atoms with Crippen molar-refractivity contribution in [3.8, 4) is 0 Å². The van der Waals surface area contributed by atoms with Gasteiger partial charge in [-0.25, -0.2) is 0 Å². The summed E-state index contributed by atoms with van der Waals surface area (Å²) in [5.74, 6) is -0.881. The van der Waals surface area contributed by atoms with Crippen LogP contribution in [0.25, 0.3) is 0 Å². The van der Waals surface area contributed by atoms with E-state index >= 15 is 0 Å². The van der Waals surface area contributed by atoms with Crippen LogP contribution in [0, 0.1) is 0 Å². The van der Waals surface area contributed by atoms with Crippen molar-refractivity contribution >= 4 is 17.9 Å². The fourth-order valence-corrected chi connectivity index (χ4v) is 7.59. The molecule has 0 bridgehead atoms. The van der Waals surface area contributed by atoms with Crippen molar-refractivity contribution in [3.63, 3.8) is 0 Å². The highest BCUT2D eigenvalue weighted by molar-refractivity contribution is 5.71. The number of rotatable bonds is 48. The zero-order chi connectivity index (χ0) is 44.4. The molecule has 0 N–H and O–H groups in total. The Morgan fingerprint density at radius 3 is 0.967 bits per heavy atom. The molecule has 0 aromatic carbocycles. The third-order valence-electron chi connectivity index (χ3n) is 11.6. The Hall–Kier alpha value is -2.37. The average Bonchev–Trinajstić information content (AvgIpc) is 3.26. The second kappa shape index (κ2) is 50.3. The van der Waals surface area contributed by atoms with Crippen molar-refractivity contribution in [2.75, 3.05) is 13.2 Å². The summed E-state index contributed by atoms with van der Waals surface area (Å²) in [6.45, 7) is 6.60. The van der Waals surface area contributed by atoms with Gasteiger partial charge in [0, 0.05) is 19.3 Å². The largest absolute Gasteiger partial charge is 0.462 e. The van der Waals surface area contributed by atoms with Gasteiger partial charge in [-0.05, 0) is 77.0 Å². The molecule has 0 spiro atoms. The van der Waals surface area contributed by atoms with Gasteiger partial charge in [0.05, 0.1) is 0 Å². The van der Waals surface area contributed by atoms with Crippen LogP contribution < -0.4 is 0 Å². The van der Waals surface area contributed by atoms with Gasteiger partial charge < -0.3 is 14.2 Å². The maximum absolute atomic E-state index is 12.8. The zero-order valence-corrected chi connectivity index (χ0v) is 40.7. The molecule has 0 saturated heterocycles. The molecular formula is C55H100O6. The predicted molar refractivity (Wildman–Crippen MR) is 261 cm³/mol. The van der Waals surface area contributed by atoms with Crippen LogP contribution in [0.2, 0.25) is 0 Å². The van der Waals surface area contributed by atoms with Gasteiger partial charge >= 0.3 is 17.9 Å². The first-order valence-corrected chi connectivity index (χ1v) is 26.5. The fourth-order valence-electron chi connectivity index (χ4n) is 7.59. The van der Waals surface area contributed by atoms with Crippen molar-refractivity contribution in [1.82, 2.24) is 0 Å². The number of ether oxygens (including phenoxy) is 3. The Balaban J connectivity index is 4.36. The molecule has 61 heavy (non-hydrogen) atoms. The van der Waals surface area contributed by atoms with Gasteiger partial charge in [0.2, 0.25) is 0 Å². The molecule has 356 valence electrons. The van der Waals surface area contributed by atoms with E-state index in [1.54, 1.807) is 0 Å². The standard InChI is InChI=1S/C55H100O6/c1-4-7-10-13-16-19-22-25-26-27-28-31-33-36-39-42-45-48-54(57)60-51-52(61-55(58)49-46-43-40-37-34-30-24-21-18-15-12-9-6-3)50-59-53(56)47-44-41-38-35-32-29-23-20-17-14-11-8-5-2/h16,19,21,24-26,52H,4-15,17-18,20,22-23,27-51H2,1-3H3/b19-16-,24-21-,26-25-/t52-/m0/s1. The number of esters is 3. The molecule has 0 radical (unpaired) electrons. The highest BCUT2D eigenvalue weighted by atomic mass is 16.6. The second-order valence-electron chi connectivity index (χ2n) is 17.8. The maximum atomic E-state index is 12.8. The second-order valence-corrected chi connectivity index (χ2v) is 17.8. The number of hydrogen-bond donors (Lipinski definition) is 0. The molecule has 0 rings (SSSR count). The smallest absolute Gasteiger partial charge is 0.306 e. The molecule has 0 aliphatic rings. The molecule has 0 aliphatic carbocycles. The van der Waals surface area contributed by atoms with E-state index in [0.717, 1.165) is 77.0 Å². The van der Waals surface area contributed by atoms with Crippen molar-refractivity contribution in [2.45, 2.75) is 284 Å². The maximum Gasteiger partial charge on any atom is 0.306 e. The molecule has 0 heterocycles. The minimum Gasteiger partial charge on any atom is -0.462 e. The normalized spacial score (nSPS) is 12.2. The lowest BCUT2D eigenvalue weighted by molar-refractivity contribution is -0.167. The van der Waals surface area contributed by atoms with E-state index < -0.39 is 6.10 Å². The number of allylic oxidation sites excluding steroid dienone is 6. The Morgan fingerprint density at radius 1 is 0.328 bits per heavy atom. The highest BCUT2D eigenvalue weighted by Crippen LogP contribution is 2.15. The summed E-state index contributed by atoms with van der Waals surface area (Å²) in [4.78, 5) is 38.0. The summed E-state index contributed by atoms with van der Waals surface area (Å²) in [6, 6.07) is 0. The first-order valence-electron chi connectivity index (χ1n) is 26.5. The molecule has 1 atom stereocenters. The quantitative estimate of drug-likeness (QED) is 0.0262. The van der Waals surface area contributed by atoms with Crippen molar-refractivity contribution in [3.05, 3.63) is 36.5 Å². The summed E-state index contributed by atoms with van der Waals surface area (Å²) in [5, 5.41) is 0. The molecule has 0 amide bonds. The van der Waals surface area contributed by atoms with Crippen LogP contribution >= 0.6 is 0 Å². The summed E-state index contributed by atoms with van der Waals surface area (Å²) >= 11 is 0. The van der Waals surface area contributed by atoms with E-state index in [4.69, 9.17) is 14.2 Å². The third-order valence-corrected chi connectivity index (χ3v) is 11.6. The SMILES string of the molecule is CCCCC/C=C\C/C=C\CCCCCCCCCC(=O)OC[C@H](COC(=O)CCCCCCCCCCCCCCC)OC(=O)CCCCCCC/C=C\CCCCCC. The zero-order valence-electron chi connectivity index (χ0n) is 40.7. The molecule has 0 aromatic heterocycles. The average molecular weight is 857 g/mol. The van der Waals surface area contributed by atoms with E-state index in [0.29, 0.717) is 19.3 Å². The van der Waals surface area contributed by atoms with Crippen LogP contribution in [0.5, 0.6) is 0 Å². The molecule has 0 saturated carbocycles. The van der Waals surface area contributed by atoms with Crippen molar-refractivity contribution in [2.24, 2.45) is 0 Å². The fraction of sp³-hybridized carbons (Fsp3) is 0.836. The molecule has 0 aromatic rings. The highest BCUT2D eigenvalue weighted by Gasteiger charge is 2.19. The van der Waals surface area contributed by atoms with Crippen LogP contribution in [0.4, 0.5) is 0 Å². The summed E-state index contributed by atoms with van der Waals surface area (Å²) in [5.41, 5.74) is 0. The number of unbranched alkanes of at least 4 members (excludes halogenated alkanes) is 31. The number of carbonyl (C=O) groups excluding carboxylic acids is 3. The van der Waals surface area contributed by atoms with Crippen LogP contribution in [-0.4, -0.2) is 37.2 Å². The van der Waals surface area contributed by atoms with Gasteiger partial charge in [-0.3, -0.25) is 14.4 Å². The number of hydrogen-bond acceptors (Lipinski definition) is 6. The topological polar surface area (TPSA) is 78.9 Å². The lowest BCUT2D eigenvalue weighted by Gasteiger charge is -2.18. The Labute approximate surface area is 378 Å². The van der Waals surface area contributed by atoms with E-state index in [1.807, 2.05) is 0 Å². The minimum atomic E-state index is -0.775. The van der Waals surface area contributed by atoms with Crippen molar-refractivity contribution in [1.29, 1.82) is 0 Å². The third kappa shape index (κ3) is 48.5. The van der Waals surface area contributed by atoms with E-state index in [1.165, 1.54) is 161 Å². The first-order chi connectivity index (χ1) is 30.0. The summed E-state index contributed by atoms with van der Waals surface area (Å²) in [7, 11) is 0. The predicted octanol–water partition coefficient (Wildman–Crippen LogP) is 17.3. The van der Waals surface area contributed by atoms with Gasteiger partial charge in [0.25, 0.3) is 0 Å². The van der Waals surface area contributed by atoms with Gasteiger partial charge in [-0.1, -0.05) is 218 Å². The minimum absolute atomic E-state index is 0.0750. The van der Waals surface area contributed by atoms with Crippen LogP contribution in [0.15, 0.2) is 36.5 Å². The van der Waals surface area contributed by atoms with Gasteiger partial charge in [-0.2, -0.15) is 0 Å². The van der Waals surface area contributed by atoms with E-state index in [2.05, 4.69) is 57.2 Å². The first kappa shape index (κ1) is 58.6. The van der Waals surface area contributed by atoms with Gasteiger partial charge in [-0.15, -0.1) is 0 Å². The number of carbonyl (C=O) groups is 3. The van der Waals surface area contributed by atoms with Crippen molar-refractivity contribution < 1.29 is 28.6 Å². The van der Waals surface area contributed by atoms with Crippen LogP contribution in [-0.2, 0) is 28.6 Å². The Kier molecular flexibility index (Phi) is 48.3. The lowest BCUT2D eigenvalue weighted by atomic mass is 10.0.